The van der Waals surface area contributed by atoms with Crippen molar-refractivity contribution in [1.29, 1.82) is 0 Å². The molecule has 18 heavy (non-hydrogen) atoms. The molecule has 2 nitrogen and oxygen atoms in total. The van der Waals surface area contributed by atoms with E-state index in [2.05, 4.69) is 27.7 Å². The molecular weight excluding hydrogens is 224 g/mol. The predicted molar refractivity (Wildman–Crippen MR) is 74.7 cm³/mol. The van der Waals surface area contributed by atoms with Gasteiger partial charge in [-0.05, 0) is 18.3 Å². The fraction of sp³-hybridized carbons (Fsp3) is 1.00. The third-order valence-electron chi connectivity index (χ3n) is 5.12. The minimum Gasteiger partial charge on any atom is -0.375 e. The van der Waals surface area contributed by atoms with Gasteiger partial charge in [0.05, 0.1) is 25.4 Å². The molecule has 2 fully saturated rings. The Hall–Kier alpha value is -0.0800. The van der Waals surface area contributed by atoms with Crippen LogP contribution in [0, 0.1) is 17.3 Å². The van der Waals surface area contributed by atoms with E-state index in [9.17, 15) is 0 Å². The van der Waals surface area contributed by atoms with E-state index in [1.807, 2.05) is 0 Å². The third kappa shape index (κ3) is 2.60. The van der Waals surface area contributed by atoms with Crippen molar-refractivity contribution in [3.8, 4) is 0 Å². The van der Waals surface area contributed by atoms with E-state index in [1.165, 1.54) is 32.1 Å². The van der Waals surface area contributed by atoms with E-state index in [4.69, 9.17) is 9.47 Å². The Morgan fingerprint density at radius 2 is 1.72 bits per heavy atom. The zero-order valence-electron chi connectivity index (χ0n) is 12.6. The van der Waals surface area contributed by atoms with Gasteiger partial charge in [0.15, 0.2) is 0 Å². The van der Waals surface area contributed by atoms with Crippen LogP contribution in [0.15, 0.2) is 0 Å². The lowest BCUT2D eigenvalue weighted by molar-refractivity contribution is 0.0112. The first-order valence-electron chi connectivity index (χ1n) is 7.85. The summed E-state index contributed by atoms with van der Waals surface area (Å²) in [6.45, 7) is 11.1. The lowest BCUT2D eigenvalue weighted by Crippen LogP contribution is -2.37. The van der Waals surface area contributed by atoms with Gasteiger partial charge < -0.3 is 9.47 Å². The van der Waals surface area contributed by atoms with Crippen LogP contribution in [0.4, 0.5) is 0 Å². The van der Waals surface area contributed by atoms with Crippen LogP contribution < -0.4 is 0 Å². The molecule has 0 amide bonds. The predicted octanol–water partition coefficient (Wildman–Crippen LogP) is 4.03. The number of hydrogen-bond donors (Lipinski definition) is 0. The first-order chi connectivity index (χ1) is 8.62. The monoisotopic (exact) mass is 254 g/mol. The summed E-state index contributed by atoms with van der Waals surface area (Å²) in [6.07, 6.45) is 7.26. The molecule has 5 atom stereocenters. The summed E-state index contributed by atoms with van der Waals surface area (Å²) < 4.78 is 12.1. The lowest BCUT2D eigenvalue weighted by atomic mass is 9.68. The van der Waals surface area contributed by atoms with Crippen LogP contribution in [0.25, 0.3) is 0 Å². The van der Waals surface area contributed by atoms with E-state index in [-0.39, 0.29) is 0 Å². The summed E-state index contributed by atoms with van der Waals surface area (Å²) in [4.78, 5) is 0. The summed E-state index contributed by atoms with van der Waals surface area (Å²) in [5, 5.41) is 0. The molecule has 0 spiro atoms. The van der Waals surface area contributed by atoms with Crippen LogP contribution in [0.5, 0.6) is 0 Å². The van der Waals surface area contributed by atoms with Crippen molar-refractivity contribution in [2.75, 3.05) is 13.2 Å². The molecule has 4 unspecified atom stereocenters. The molecule has 2 rings (SSSR count). The van der Waals surface area contributed by atoms with Gasteiger partial charge in [0.1, 0.15) is 0 Å². The van der Waals surface area contributed by atoms with Crippen molar-refractivity contribution in [1.82, 2.24) is 0 Å². The fourth-order valence-corrected chi connectivity index (χ4v) is 3.94. The second kappa shape index (κ2) is 5.92. The zero-order valence-corrected chi connectivity index (χ0v) is 12.6. The maximum absolute atomic E-state index is 6.05. The highest BCUT2D eigenvalue weighted by molar-refractivity contribution is 4.99. The summed E-state index contributed by atoms with van der Waals surface area (Å²) in [7, 11) is 0. The van der Waals surface area contributed by atoms with Crippen LogP contribution in [-0.2, 0) is 9.47 Å². The largest absolute Gasteiger partial charge is 0.375 e. The van der Waals surface area contributed by atoms with E-state index in [0.29, 0.717) is 29.5 Å². The molecule has 0 aliphatic carbocycles. The molecule has 106 valence electrons. The van der Waals surface area contributed by atoms with Gasteiger partial charge in [0.2, 0.25) is 0 Å². The molecule has 2 heterocycles. The molecule has 0 aromatic rings. The average molecular weight is 254 g/mol. The Bertz CT molecular complexity index is 266. The number of rotatable bonds is 6. The minimum absolute atomic E-state index is 0.368. The Morgan fingerprint density at radius 1 is 1.00 bits per heavy atom. The van der Waals surface area contributed by atoms with E-state index >= 15 is 0 Å². The molecule has 0 N–H and O–H groups in total. The van der Waals surface area contributed by atoms with Crippen LogP contribution >= 0.6 is 0 Å². The Kier molecular flexibility index (Phi) is 4.71. The standard InChI is InChI=1S/C16H30O2/c1-5-7-9-16(4,8-6-2)13-11-18-14-12(3)10-17-15(13)14/h12-15H,5-11H2,1-4H3/t12?,13?,14?,15?,16-/m0/s1. The van der Waals surface area contributed by atoms with Crippen molar-refractivity contribution in [2.45, 2.75) is 72.0 Å². The highest BCUT2D eigenvalue weighted by Gasteiger charge is 2.51. The number of unbranched alkanes of at least 4 members (excludes halogenated alkanes) is 1. The van der Waals surface area contributed by atoms with Crippen molar-refractivity contribution >= 4 is 0 Å². The van der Waals surface area contributed by atoms with Gasteiger partial charge in [-0.2, -0.15) is 0 Å². The molecule has 0 aromatic heterocycles. The van der Waals surface area contributed by atoms with E-state index in [1.54, 1.807) is 0 Å². The smallest absolute Gasteiger partial charge is 0.0895 e. The summed E-state index contributed by atoms with van der Waals surface area (Å²) in [6, 6.07) is 0. The summed E-state index contributed by atoms with van der Waals surface area (Å²) in [5.74, 6) is 1.19. The second-order valence-electron chi connectivity index (χ2n) is 6.69. The van der Waals surface area contributed by atoms with Crippen LogP contribution in [0.1, 0.15) is 59.8 Å². The topological polar surface area (TPSA) is 18.5 Å². The van der Waals surface area contributed by atoms with Gasteiger partial charge in [0.25, 0.3) is 0 Å². The Labute approximate surface area is 112 Å². The fourth-order valence-electron chi connectivity index (χ4n) is 3.94. The zero-order chi connectivity index (χ0) is 13.2. The number of ether oxygens (including phenoxy) is 2. The van der Waals surface area contributed by atoms with Gasteiger partial charge >= 0.3 is 0 Å². The Balaban J connectivity index is 2.06. The van der Waals surface area contributed by atoms with E-state index < -0.39 is 0 Å². The molecule has 0 bridgehead atoms. The summed E-state index contributed by atoms with van der Waals surface area (Å²) in [5.41, 5.74) is 0.411. The third-order valence-corrected chi connectivity index (χ3v) is 5.12. The lowest BCUT2D eigenvalue weighted by Gasteiger charge is -2.37. The van der Waals surface area contributed by atoms with Gasteiger partial charge in [0, 0.05) is 11.8 Å². The van der Waals surface area contributed by atoms with Crippen molar-refractivity contribution in [3.05, 3.63) is 0 Å². The first-order valence-corrected chi connectivity index (χ1v) is 7.85. The minimum atomic E-state index is 0.368. The molecule has 2 aliphatic heterocycles. The SMILES string of the molecule is CCCC[C@](C)(CCC)C1COC2C(C)COC21. The van der Waals surface area contributed by atoms with Crippen molar-refractivity contribution in [3.63, 3.8) is 0 Å². The maximum atomic E-state index is 6.05. The molecule has 0 aromatic carbocycles. The quantitative estimate of drug-likeness (QED) is 0.712. The van der Waals surface area contributed by atoms with Gasteiger partial charge in [-0.3, -0.25) is 0 Å². The van der Waals surface area contributed by atoms with Crippen molar-refractivity contribution in [2.24, 2.45) is 17.3 Å². The van der Waals surface area contributed by atoms with Gasteiger partial charge in [-0.25, -0.2) is 0 Å². The molecular formula is C16H30O2. The Morgan fingerprint density at radius 3 is 2.39 bits per heavy atom. The first kappa shape index (κ1) is 14.3. The van der Waals surface area contributed by atoms with Gasteiger partial charge in [-0.1, -0.05) is 47.0 Å². The van der Waals surface area contributed by atoms with E-state index in [0.717, 1.165) is 13.2 Å². The molecule has 0 radical (unpaired) electrons. The summed E-state index contributed by atoms with van der Waals surface area (Å²) >= 11 is 0. The molecule has 2 aliphatic rings. The van der Waals surface area contributed by atoms with Crippen molar-refractivity contribution < 1.29 is 9.47 Å². The highest BCUT2D eigenvalue weighted by atomic mass is 16.6. The molecule has 0 saturated carbocycles. The molecule has 2 heteroatoms. The number of fused-ring (bicyclic) bond motifs is 1. The van der Waals surface area contributed by atoms with Crippen LogP contribution in [-0.4, -0.2) is 25.4 Å². The van der Waals surface area contributed by atoms with Gasteiger partial charge in [-0.15, -0.1) is 0 Å². The average Bonchev–Trinajstić information content (AvgIpc) is 2.91. The van der Waals surface area contributed by atoms with Crippen LogP contribution in [0.2, 0.25) is 0 Å². The normalized spacial score (nSPS) is 38.7. The maximum Gasteiger partial charge on any atom is 0.0895 e. The molecule has 2 saturated heterocycles. The number of hydrogen-bond acceptors (Lipinski definition) is 2. The highest BCUT2D eigenvalue weighted by Crippen LogP contribution is 2.47. The van der Waals surface area contributed by atoms with Crippen LogP contribution in [0.3, 0.4) is 0 Å². The second-order valence-corrected chi connectivity index (χ2v) is 6.69.